The number of benzene rings is 1. The lowest BCUT2D eigenvalue weighted by Gasteiger charge is -2.19. The number of aliphatic hydroxyl groups excluding tert-OH is 1. The largest absolute Gasteiger partial charge is 0.394 e. The van der Waals surface area contributed by atoms with Gasteiger partial charge in [-0.1, -0.05) is 137 Å². The molecule has 7 nitrogen and oxygen atoms in total. The fraction of sp³-hybridized carbons (Fsp3) is 0.810. The van der Waals surface area contributed by atoms with E-state index in [9.17, 15) is 4.79 Å². The second-order valence-corrected chi connectivity index (χ2v) is 15.0. The molecule has 2 N–H and O–H groups in total. The first-order valence-electron chi connectivity index (χ1n) is 16.2. The molecule has 2 atom stereocenters. The molecule has 3 rings (SSSR count). The van der Waals surface area contributed by atoms with Crippen molar-refractivity contribution in [2.75, 3.05) is 13.2 Å². The number of epoxide rings is 1. The van der Waals surface area contributed by atoms with Crippen molar-refractivity contribution in [3.8, 4) is 0 Å². The molecule has 0 aliphatic carbocycles. The van der Waals surface area contributed by atoms with Gasteiger partial charge >= 0.3 is 0 Å². The number of hydrogen-bond acceptors (Lipinski definition) is 7. The molecule has 0 aromatic heterocycles. The molecule has 300 valence electrons. The van der Waals surface area contributed by atoms with Gasteiger partial charge in [0.25, 0.3) is 0 Å². The number of nitrogens with zero attached hydrogens (tertiary/aromatic N) is 1. The van der Waals surface area contributed by atoms with Gasteiger partial charge in [0, 0.05) is 23.9 Å². The van der Waals surface area contributed by atoms with Crippen molar-refractivity contribution in [1.82, 2.24) is 5.32 Å². The standard InChI is InChI=1S/C10H13N.C10H20O.C6H15N.C5H10O2.C3H8O.C3H6O.5CH4/c1-9(2)11-8-10-6-4-3-5-7-10;1-9(2,3)7-8(11-7)10(4,5)6;1-5(2)7-6(3)4;1-5(2)6-3-4-7-5;2*1-3(2)4;;;;;/h3-7H,8H2,1-2H3;7-8H,1-6H3;5-7H,1-4H3;3-4H2,1-2H3;3-4H,1-2H3;1-2H3;5*1H4. The Balaban J connectivity index is -0.0000000698. The first-order chi connectivity index (χ1) is 19.8. The van der Waals surface area contributed by atoms with Gasteiger partial charge in [-0.25, -0.2) is 0 Å². The first-order valence-corrected chi connectivity index (χ1v) is 16.2. The molecule has 0 saturated carbocycles. The summed E-state index contributed by atoms with van der Waals surface area (Å²) in [4.78, 5) is 13.8. The third kappa shape index (κ3) is 50.8. The molecule has 7 heteroatoms. The van der Waals surface area contributed by atoms with Crippen LogP contribution in [-0.2, 0) is 25.5 Å². The number of nitrogens with one attached hydrogen (secondary N) is 1. The van der Waals surface area contributed by atoms with Crippen molar-refractivity contribution in [1.29, 1.82) is 0 Å². The molecular formula is C42H92N2O5. The van der Waals surface area contributed by atoms with Crippen LogP contribution >= 0.6 is 0 Å². The Morgan fingerprint density at radius 2 is 1.08 bits per heavy atom. The summed E-state index contributed by atoms with van der Waals surface area (Å²) in [5, 5.41) is 11.4. The number of ketones is 1. The topological polar surface area (TPSA) is 92.7 Å². The maximum atomic E-state index is 9.44. The molecule has 2 aliphatic heterocycles. The monoisotopic (exact) mass is 705 g/mol. The van der Waals surface area contributed by atoms with Gasteiger partial charge in [0.1, 0.15) is 5.78 Å². The summed E-state index contributed by atoms with van der Waals surface area (Å²) >= 11 is 0. The van der Waals surface area contributed by atoms with Crippen molar-refractivity contribution in [3.05, 3.63) is 35.9 Å². The van der Waals surface area contributed by atoms with Gasteiger partial charge in [-0.15, -0.1) is 0 Å². The zero-order valence-electron chi connectivity index (χ0n) is 31.9. The van der Waals surface area contributed by atoms with E-state index < -0.39 is 0 Å². The van der Waals surface area contributed by atoms with Gasteiger partial charge in [0.2, 0.25) is 0 Å². The highest BCUT2D eigenvalue weighted by Gasteiger charge is 2.52. The smallest absolute Gasteiger partial charge is 0.162 e. The molecule has 0 radical (unpaired) electrons. The number of rotatable bonds is 4. The maximum Gasteiger partial charge on any atom is 0.162 e. The highest BCUT2D eigenvalue weighted by atomic mass is 16.7. The third-order valence-electron chi connectivity index (χ3n) is 5.27. The Bertz CT molecular complexity index is 825. The van der Waals surface area contributed by atoms with Gasteiger partial charge in [-0.3, -0.25) is 4.99 Å². The lowest BCUT2D eigenvalue weighted by molar-refractivity contribution is -0.125. The minimum atomic E-state index is -0.306. The van der Waals surface area contributed by atoms with Crippen LogP contribution in [0.4, 0.5) is 0 Å². The minimum Gasteiger partial charge on any atom is -0.394 e. The number of carbonyl (C=O) groups excluding carboxylic acids is 1. The Hall–Kier alpha value is -1.64. The molecule has 0 bridgehead atoms. The van der Waals surface area contributed by atoms with E-state index in [1.54, 1.807) is 13.8 Å². The average Bonchev–Trinajstić information content (AvgIpc) is 3.56. The van der Waals surface area contributed by atoms with Crippen LogP contribution in [0.25, 0.3) is 0 Å². The number of carbonyl (C=O) groups is 1. The van der Waals surface area contributed by atoms with Crippen LogP contribution < -0.4 is 5.32 Å². The number of aliphatic hydroxyl groups is 1. The van der Waals surface area contributed by atoms with Crippen LogP contribution in [-0.4, -0.2) is 66.0 Å². The molecule has 1 aromatic rings. The Kier molecular flexibility index (Phi) is 44.9. The van der Waals surface area contributed by atoms with Crippen molar-refractivity contribution in [2.24, 2.45) is 15.8 Å². The van der Waals surface area contributed by atoms with E-state index in [0.717, 1.165) is 25.5 Å². The predicted molar refractivity (Wildman–Crippen MR) is 223 cm³/mol. The SMILES string of the molecule is C.C.C.C.C.CC(C)(C)C1OC1C(C)(C)C.CC(C)=NCc1ccccc1.CC(C)=O.CC(C)NC(C)C.CC(C)O.CC1(C)OCCO1. The summed E-state index contributed by atoms with van der Waals surface area (Å²) in [6.45, 7) is 38.7. The van der Waals surface area contributed by atoms with E-state index in [2.05, 4.69) is 91.7 Å². The van der Waals surface area contributed by atoms with Gasteiger partial charge in [0.05, 0.1) is 32.0 Å². The van der Waals surface area contributed by atoms with Crippen LogP contribution in [0.15, 0.2) is 35.3 Å². The summed E-state index contributed by atoms with van der Waals surface area (Å²) in [5.41, 5.74) is 3.04. The van der Waals surface area contributed by atoms with Crippen LogP contribution in [0.3, 0.4) is 0 Å². The van der Waals surface area contributed by atoms with E-state index in [1.165, 1.54) is 19.4 Å². The predicted octanol–water partition coefficient (Wildman–Crippen LogP) is 11.8. The summed E-state index contributed by atoms with van der Waals surface area (Å²) < 4.78 is 15.9. The molecule has 2 fully saturated rings. The van der Waals surface area contributed by atoms with Gasteiger partial charge in [0.15, 0.2) is 5.79 Å². The average molecular weight is 705 g/mol. The Morgan fingerprint density at radius 3 is 1.24 bits per heavy atom. The van der Waals surface area contributed by atoms with Crippen molar-refractivity contribution < 1.29 is 24.1 Å². The van der Waals surface area contributed by atoms with Crippen molar-refractivity contribution in [2.45, 2.75) is 204 Å². The number of aliphatic imine (C=N–C) groups is 1. The molecule has 49 heavy (non-hydrogen) atoms. The zero-order chi connectivity index (χ0) is 35.3. The molecule has 2 unspecified atom stereocenters. The third-order valence-corrected chi connectivity index (χ3v) is 5.27. The normalized spacial score (nSPS) is 16.2. The Morgan fingerprint density at radius 1 is 0.776 bits per heavy atom. The van der Waals surface area contributed by atoms with Gasteiger partial charge in [-0.05, 0) is 71.8 Å². The van der Waals surface area contributed by atoms with E-state index in [4.69, 9.17) is 19.3 Å². The van der Waals surface area contributed by atoms with E-state index >= 15 is 0 Å². The second-order valence-electron chi connectivity index (χ2n) is 15.0. The fourth-order valence-corrected chi connectivity index (χ4v) is 3.55. The second kappa shape index (κ2) is 33.5. The lowest BCUT2D eigenvalue weighted by Crippen LogP contribution is -2.29. The van der Waals surface area contributed by atoms with Crippen LogP contribution in [0.5, 0.6) is 0 Å². The summed E-state index contributed by atoms with van der Waals surface area (Å²) in [5.74, 6) is -0.139. The minimum absolute atomic E-state index is 0. The van der Waals surface area contributed by atoms with Crippen molar-refractivity contribution in [3.63, 3.8) is 0 Å². The highest BCUT2D eigenvalue weighted by molar-refractivity contribution is 5.79. The van der Waals surface area contributed by atoms with E-state index in [1.807, 2.05) is 45.9 Å². The molecule has 2 saturated heterocycles. The number of hydrogen-bond donors (Lipinski definition) is 2. The van der Waals surface area contributed by atoms with E-state index in [0.29, 0.717) is 35.1 Å². The molecule has 1 aromatic carbocycles. The fourth-order valence-electron chi connectivity index (χ4n) is 3.55. The van der Waals surface area contributed by atoms with Gasteiger partial charge in [-0.2, -0.15) is 0 Å². The quantitative estimate of drug-likeness (QED) is 0.239. The van der Waals surface area contributed by atoms with Crippen LogP contribution in [0.2, 0.25) is 0 Å². The van der Waals surface area contributed by atoms with Gasteiger partial charge < -0.3 is 29.4 Å². The molecule has 0 spiro atoms. The van der Waals surface area contributed by atoms with E-state index in [-0.39, 0.29) is 54.8 Å². The summed E-state index contributed by atoms with van der Waals surface area (Å²) in [6.07, 6.45) is 0.782. The zero-order valence-corrected chi connectivity index (χ0v) is 31.9. The molecule has 2 heterocycles. The first kappa shape index (κ1) is 65.7. The summed E-state index contributed by atoms with van der Waals surface area (Å²) in [6, 6.07) is 11.5. The Labute approximate surface area is 309 Å². The molecule has 0 amide bonds. The number of Topliss-reactive ketones (excluding diaryl/α,β-unsaturated/α-hetero) is 1. The molecule has 2 aliphatic rings. The van der Waals surface area contributed by atoms with Crippen LogP contribution in [0.1, 0.15) is 167 Å². The van der Waals surface area contributed by atoms with Crippen molar-refractivity contribution >= 4 is 11.5 Å². The number of ether oxygens (including phenoxy) is 3. The lowest BCUT2D eigenvalue weighted by atomic mass is 9.81. The van der Waals surface area contributed by atoms with Crippen LogP contribution in [0, 0.1) is 10.8 Å². The summed E-state index contributed by atoms with van der Waals surface area (Å²) in [7, 11) is 0. The molecular weight excluding hydrogens is 612 g/mol. The maximum absolute atomic E-state index is 9.44. The highest BCUT2D eigenvalue weighted by Crippen LogP contribution is 2.46.